The van der Waals surface area contributed by atoms with Gasteiger partial charge in [0.05, 0.1) is 5.92 Å². The lowest BCUT2D eigenvalue weighted by Crippen LogP contribution is -2.36. The minimum absolute atomic E-state index is 0.0765. The summed E-state index contributed by atoms with van der Waals surface area (Å²) in [5.74, 6) is -0.964. The Morgan fingerprint density at radius 2 is 2.10 bits per heavy atom. The summed E-state index contributed by atoms with van der Waals surface area (Å²) in [6.45, 7) is 1.83. The molecule has 2 unspecified atom stereocenters. The molecule has 0 radical (unpaired) electrons. The number of carboxylic acids is 1. The lowest BCUT2D eigenvalue weighted by molar-refractivity contribution is -0.140. The van der Waals surface area contributed by atoms with Gasteiger partial charge in [-0.05, 0) is 25.0 Å². The van der Waals surface area contributed by atoms with Crippen LogP contribution in [0.2, 0.25) is 0 Å². The van der Waals surface area contributed by atoms with E-state index in [0.29, 0.717) is 12.2 Å². The summed E-state index contributed by atoms with van der Waals surface area (Å²) in [5, 5.41) is 11.6. The van der Waals surface area contributed by atoms with Gasteiger partial charge in [0.2, 0.25) is 0 Å². The first-order valence-corrected chi connectivity index (χ1v) is 6.45. The number of carboxylic acid groups (broad SMARTS) is 1. The third-order valence-electron chi connectivity index (χ3n) is 3.20. The normalized spacial score (nSPS) is 20.6. The number of ether oxygens (including phenoxy) is 1. The van der Waals surface area contributed by atoms with Crippen molar-refractivity contribution in [2.75, 3.05) is 6.61 Å². The summed E-state index contributed by atoms with van der Waals surface area (Å²) in [6.07, 6.45) is 3.71. The monoisotopic (exact) mass is 275 g/mol. The number of hydrogen-bond donors (Lipinski definition) is 2. The molecule has 0 fully saturated rings. The molecule has 5 heteroatoms. The number of carbonyl (C=O) groups excluding carboxylic acids is 1. The highest BCUT2D eigenvalue weighted by Crippen LogP contribution is 2.18. The third-order valence-corrected chi connectivity index (χ3v) is 3.20. The van der Waals surface area contributed by atoms with E-state index in [1.165, 1.54) is 0 Å². The average Bonchev–Trinajstić information content (AvgIpc) is 2.86. The summed E-state index contributed by atoms with van der Waals surface area (Å²) in [5.41, 5.74) is 0.965. The number of benzene rings is 1. The van der Waals surface area contributed by atoms with Crippen LogP contribution in [0.15, 0.2) is 36.4 Å². The molecule has 0 saturated heterocycles. The minimum atomic E-state index is -0.867. The maximum absolute atomic E-state index is 11.7. The predicted octanol–water partition coefficient (Wildman–Crippen LogP) is 1.52. The molecule has 0 aliphatic heterocycles. The highest BCUT2D eigenvalue weighted by molar-refractivity contribution is 5.79. The standard InChI is InChI=1S/C15H17NO4/c1-10-4-2-3-5-13(10)20-9-14(17)16-12-7-6-11(8-12)15(18)19/h2-7,11-12H,8-9H2,1H3,(H,16,17)(H,18,19). The van der Waals surface area contributed by atoms with Crippen molar-refractivity contribution in [1.82, 2.24) is 5.32 Å². The topological polar surface area (TPSA) is 75.6 Å². The zero-order valence-corrected chi connectivity index (χ0v) is 11.2. The quantitative estimate of drug-likeness (QED) is 0.799. The molecule has 20 heavy (non-hydrogen) atoms. The first-order chi connectivity index (χ1) is 9.56. The second-order valence-corrected chi connectivity index (χ2v) is 4.79. The van der Waals surface area contributed by atoms with Crippen molar-refractivity contribution in [1.29, 1.82) is 0 Å². The van der Waals surface area contributed by atoms with Crippen molar-refractivity contribution in [2.45, 2.75) is 19.4 Å². The van der Waals surface area contributed by atoms with Crippen molar-refractivity contribution in [3.05, 3.63) is 42.0 Å². The Balaban J connectivity index is 1.78. The van der Waals surface area contributed by atoms with Crippen LogP contribution >= 0.6 is 0 Å². The predicted molar refractivity (Wildman–Crippen MR) is 73.5 cm³/mol. The van der Waals surface area contributed by atoms with E-state index >= 15 is 0 Å². The molecule has 0 aromatic heterocycles. The minimum Gasteiger partial charge on any atom is -0.484 e. The van der Waals surface area contributed by atoms with Gasteiger partial charge < -0.3 is 15.2 Å². The molecular formula is C15H17NO4. The summed E-state index contributed by atoms with van der Waals surface area (Å²) < 4.78 is 5.43. The fourth-order valence-electron chi connectivity index (χ4n) is 2.10. The number of aryl methyl sites for hydroxylation is 1. The van der Waals surface area contributed by atoms with Crippen LogP contribution < -0.4 is 10.1 Å². The van der Waals surface area contributed by atoms with Gasteiger partial charge in [0.15, 0.2) is 6.61 Å². The molecule has 2 rings (SSSR count). The smallest absolute Gasteiger partial charge is 0.310 e. The number of nitrogens with one attached hydrogen (secondary N) is 1. The SMILES string of the molecule is Cc1ccccc1OCC(=O)NC1C=CC(C(=O)O)C1. The molecule has 0 saturated carbocycles. The van der Waals surface area contributed by atoms with Gasteiger partial charge >= 0.3 is 5.97 Å². The van der Waals surface area contributed by atoms with Crippen LogP contribution in [0.25, 0.3) is 0 Å². The molecule has 1 aromatic rings. The van der Waals surface area contributed by atoms with Crippen LogP contribution in [-0.2, 0) is 9.59 Å². The van der Waals surface area contributed by atoms with Crippen LogP contribution in [0, 0.1) is 12.8 Å². The van der Waals surface area contributed by atoms with Gasteiger partial charge in [-0.15, -0.1) is 0 Å². The summed E-state index contributed by atoms with van der Waals surface area (Å²) in [7, 11) is 0. The van der Waals surface area contributed by atoms with E-state index in [1.807, 2.05) is 25.1 Å². The Hall–Kier alpha value is -2.30. The van der Waals surface area contributed by atoms with Crippen molar-refractivity contribution < 1.29 is 19.4 Å². The molecular weight excluding hydrogens is 258 g/mol. The van der Waals surface area contributed by atoms with E-state index in [2.05, 4.69) is 5.32 Å². The molecule has 0 spiro atoms. The molecule has 0 heterocycles. The van der Waals surface area contributed by atoms with E-state index < -0.39 is 11.9 Å². The Morgan fingerprint density at radius 1 is 1.35 bits per heavy atom. The van der Waals surface area contributed by atoms with Crippen molar-refractivity contribution in [2.24, 2.45) is 5.92 Å². The summed E-state index contributed by atoms with van der Waals surface area (Å²) in [4.78, 5) is 22.5. The molecule has 106 valence electrons. The molecule has 1 aliphatic rings. The average molecular weight is 275 g/mol. The maximum Gasteiger partial charge on any atom is 0.310 e. The number of hydrogen-bond acceptors (Lipinski definition) is 3. The molecule has 0 bridgehead atoms. The summed E-state index contributed by atoms with van der Waals surface area (Å²) >= 11 is 0. The van der Waals surface area contributed by atoms with Crippen LogP contribution in [0.4, 0.5) is 0 Å². The van der Waals surface area contributed by atoms with E-state index in [-0.39, 0.29) is 18.6 Å². The van der Waals surface area contributed by atoms with Crippen molar-refractivity contribution >= 4 is 11.9 Å². The third kappa shape index (κ3) is 3.60. The molecule has 2 N–H and O–H groups in total. The van der Waals surface area contributed by atoms with Gasteiger partial charge in [-0.2, -0.15) is 0 Å². The van der Waals surface area contributed by atoms with Crippen LogP contribution in [-0.4, -0.2) is 29.6 Å². The molecule has 5 nitrogen and oxygen atoms in total. The van der Waals surface area contributed by atoms with Crippen LogP contribution in [0.5, 0.6) is 5.75 Å². The summed E-state index contributed by atoms with van der Waals surface area (Å²) in [6, 6.07) is 7.22. The Morgan fingerprint density at radius 3 is 2.75 bits per heavy atom. The zero-order chi connectivity index (χ0) is 14.5. The molecule has 2 atom stereocenters. The first kappa shape index (κ1) is 14.1. The highest BCUT2D eigenvalue weighted by atomic mass is 16.5. The van der Waals surface area contributed by atoms with E-state index in [1.54, 1.807) is 18.2 Å². The van der Waals surface area contributed by atoms with Gasteiger partial charge in [-0.3, -0.25) is 9.59 Å². The lowest BCUT2D eigenvalue weighted by Gasteiger charge is -2.13. The number of amides is 1. The zero-order valence-electron chi connectivity index (χ0n) is 11.2. The Bertz CT molecular complexity index is 538. The Kier molecular flexibility index (Phi) is 4.40. The van der Waals surface area contributed by atoms with Gasteiger partial charge in [0.25, 0.3) is 5.91 Å². The van der Waals surface area contributed by atoms with Crippen LogP contribution in [0.1, 0.15) is 12.0 Å². The number of rotatable bonds is 5. The fourth-order valence-corrected chi connectivity index (χ4v) is 2.10. The highest BCUT2D eigenvalue weighted by Gasteiger charge is 2.25. The van der Waals surface area contributed by atoms with Gasteiger partial charge in [-0.25, -0.2) is 0 Å². The fraction of sp³-hybridized carbons (Fsp3) is 0.333. The van der Waals surface area contributed by atoms with E-state index in [9.17, 15) is 9.59 Å². The Labute approximate surface area is 117 Å². The van der Waals surface area contributed by atoms with Gasteiger partial charge in [0, 0.05) is 6.04 Å². The second kappa shape index (κ2) is 6.23. The molecule has 1 aromatic carbocycles. The number of aliphatic carboxylic acids is 1. The van der Waals surface area contributed by atoms with Crippen LogP contribution in [0.3, 0.4) is 0 Å². The number of para-hydroxylation sites is 1. The maximum atomic E-state index is 11.7. The molecule has 1 aliphatic carbocycles. The van der Waals surface area contributed by atoms with E-state index in [4.69, 9.17) is 9.84 Å². The first-order valence-electron chi connectivity index (χ1n) is 6.45. The lowest BCUT2D eigenvalue weighted by atomic mass is 10.1. The van der Waals surface area contributed by atoms with Gasteiger partial charge in [-0.1, -0.05) is 30.4 Å². The largest absolute Gasteiger partial charge is 0.484 e. The second-order valence-electron chi connectivity index (χ2n) is 4.79. The number of carbonyl (C=O) groups is 2. The van der Waals surface area contributed by atoms with Gasteiger partial charge in [0.1, 0.15) is 5.75 Å². The van der Waals surface area contributed by atoms with E-state index in [0.717, 1.165) is 5.56 Å². The van der Waals surface area contributed by atoms with Crippen molar-refractivity contribution in [3.8, 4) is 5.75 Å². The molecule has 1 amide bonds. The van der Waals surface area contributed by atoms with Crippen molar-refractivity contribution in [3.63, 3.8) is 0 Å².